The van der Waals surface area contributed by atoms with E-state index in [1.54, 1.807) is 6.20 Å². The summed E-state index contributed by atoms with van der Waals surface area (Å²) in [5, 5.41) is 0. The van der Waals surface area contributed by atoms with Gasteiger partial charge in [0.2, 0.25) is 0 Å². The summed E-state index contributed by atoms with van der Waals surface area (Å²) in [4.78, 5) is 4.14. The first-order valence-electron chi connectivity index (χ1n) is 5.53. The van der Waals surface area contributed by atoms with Crippen LogP contribution >= 0.6 is 15.9 Å². The molecule has 1 heterocycles. The fraction of sp³-hybridized carbons (Fsp3) is 0.583. The number of hydrogen-bond donors (Lipinski definition) is 1. The van der Waals surface area contributed by atoms with Gasteiger partial charge in [0.15, 0.2) is 0 Å². The summed E-state index contributed by atoms with van der Waals surface area (Å²) >= 11 is 3.41. The fourth-order valence-corrected chi connectivity index (χ4v) is 2.13. The summed E-state index contributed by atoms with van der Waals surface area (Å²) in [6.07, 6.45) is 7.09. The number of nitrogens with two attached hydrogens (primary N) is 1. The molecule has 0 bridgehead atoms. The molecule has 0 spiro atoms. The normalized spacial score (nSPS) is 13.1. The number of halogens is 1. The molecule has 2 nitrogen and oxygen atoms in total. The Balaban J connectivity index is 2.64. The van der Waals surface area contributed by atoms with Gasteiger partial charge in [-0.15, -0.1) is 0 Å². The van der Waals surface area contributed by atoms with Crippen LogP contribution in [0.15, 0.2) is 22.9 Å². The van der Waals surface area contributed by atoms with Crippen LogP contribution in [0.4, 0.5) is 0 Å². The lowest BCUT2D eigenvalue weighted by Gasteiger charge is -2.18. The molecule has 0 aliphatic rings. The molecule has 0 aliphatic heterocycles. The second kappa shape index (κ2) is 6.23. The smallest absolute Gasteiger partial charge is 0.0410 e. The van der Waals surface area contributed by atoms with Crippen molar-refractivity contribution in [2.45, 2.75) is 39.2 Å². The monoisotopic (exact) mass is 270 g/mol. The minimum absolute atomic E-state index is 0.111. The van der Waals surface area contributed by atoms with E-state index in [-0.39, 0.29) is 6.04 Å². The van der Waals surface area contributed by atoms with E-state index >= 15 is 0 Å². The van der Waals surface area contributed by atoms with Gasteiger partial charge in [0.25, 0.3) is 0 Å². The molecule has 1 rings (SSSR count). The van der Waals surface area contributed by atoms with E-state index in [9.17, 15) is 0 Å². The van der Waals surface area contributed by atoms with Crippen LogP contribution in [0.1, 0.15) is 44.7 Å². The van der Waals surface area contributed by atoms with Crippen LogP contribution < -0.4 is 5.73 Å². The van der Waals surface area contributed by atoms with Gasteiger partial charge in [-0.2, -0.15) is 0 Å². The van der Waals surface area contributed by atoms with Crippen molar-refractivity contribution in [3.05, 3.63) is 28.5 Å². The van der Waals surface area contributed by atoms with E-state index in [0.29, 0.717) is 0 Å². The molecule has 1 unspecified atom stereocenters. The molecule has 3 heteroatoms. The van der Waals surface area contributed by atoms with E-state index in [0.717, 1.165) is 22.4 Å². The van der Waals surface area contributed by atoms with Crippen LogP contribution in [0.3, 0.4) is 0 Å². The first-order valence-corrected chi connectivity index (χ1v) is 6.32. The van der Waals surface area contributed by atoms with Crippen molar-refractivity contribution in [1.82, 2.24) is 4.98 Å². The molecule has 0 aromatic carbocycles. The molecule has 0 saturated carbocycles. The van der Waals surface area contributed by atoms with Crippen molar-refractivity contribution >= 4 is 15.9 Å². The van der Waals surface area contributed by atoms with Crippen LogP contribution in [-0.4, -0.2) is 4.98 Å². The Hall–Kier alpha value is -0.410. The van der Waals surface area contributed by atoms with Crippen molar-refractivity contribution in [3.8, 4) is 0 Å². The van der Waals surface area contributed by atoms with E-state index < -0.39 is 0 Å². The standard InChI is InChI=1S/C12H19BrN2/c1-3-9(4-2)5-12(14)10-6-11(13)8-15-7-10/h6-9,12H,3-5,14H2,1-2H3. The van der Waals surface area contributed by atoms with Gasteiger partial charge in [0.05, 0.1) is 0 Å². The Kier molecular flexibility index (Phi) is 5.26. The highest BCUT2D eigenvalue weighted by Gasteiger charge is 2.12. The molecule has 1 atom stereocenters. The third kappa shape index (κ3) is 3.92. The van der Waals surface area contributed by atoms with Gasteiger partial charge in [-0.25, -0.2) is 0 Å². The van der Waals surface area contributed by atoms with Gasteiger partial charge in [-0.1, -0.05) is 26.7 Å². The van der Waals surface area contributed by atoms with Crippen molar-refractivity contribution < 1.29 is 0 Å². The van der Waals surface area contributed by atoms with Gasteiger partial charge in [-0.3, -0.25) is 4.98 Å². The number of rotatable bonds is 5. The second-order valence-electron chi connectivity index (χ2n) is 3.96. The Morgan fingerprint density at radius 1 is 1.33 bits per heavy atom. The summed E-state index contributed by atoms with van der Waals surface area (Å²) in [6, 6.07) is 2.17. The molecule has 1 aromatic heterocycles. The fourth-order valence-electron chi connectivity index (χ4n) is 1.75. The summed E-state index contributed by atoms with van der Waals surface area (Å²) in [5.74, 6) is 0.721. The highest BCUT2D eigenvalue weighted by atomic mass is 79.9. The molecule has 0 amide bonds. The summed E-state index contributed by atoms with van der Waals surface area (Å²) in [6.45, 7) is 4.44. The Labute approximate surface area is 100 Å². The molecule has 15 heavy (non-hydrogen) atoms. The van der Waals surface area contributed by atoms with Crippen molar-refractivity contribution in [3.63, 3.8) is 0 Å². The van der Waals surface area contributed by atoms with Crippen molar-refractivity contribution in [2.75, 3.05) is 0 Å². The maximum atomic E-state index is 6.16. The van der Waals surface area contributed by atoms with Gasteiger partial charge < -0.3 is 5.73 Å². The molecule has 1 aromatic rings. The highest BCUT2D eigenvalue weighted by molar-refractivity contribution is 9.10. The summed E-state index contributed by atoms with van der Waals surface area (Å²) < 4.78 is 1.000. The lowest BCUT2D eigenvalue weighted by molar-refractivity contribution is 0.414. The molecule has 0 saturated heterocycles. The number of pyridine rings is 1. The minimum Gasteiger partial charge on any atom is -0.324 e. The maximum Gasteiger partial charge on any atom is 0.0410 e. The van der Waals surface area contributed by atoms with Gasteiger partial charge >= 0.3 is 0 Å². The average molecular weight is 271 g/mol. The van der Waals surface area contributed by atoms with Gasteiger partial charge in [0, 0.05) is 22.9 Å². The summed E-state index contributed by atoms with van der Waals surface area (Å²) in [7, 11) is 0. The van der Waals surface area contributed by atoms with Crippen LogP contribution in [0.25, 0.3) is 0 Å². The Morgan fingerprint density at radius 3 is 2.53 bits per heavy atom. The SMILES string of the molecule is CCC(CC)CC(N)c1cncc(Br)c1. The quantitative estimate of drug-likeness (QED) is 0.887. The second-order valence-corrected chi connectivity index (χ2v) is 4.88. The average Bonchev–Trinajstić information content (AvgIpc) is 2.25. The largest absolute Gasteiger partial charge is 0.324 e. The Bertz CT molecular complexity index is 297. The first-order chi connectivity index (χ1) is 7.17. The van der Waals surface area contributed by atoms with E-state index in [1.165, 1.54) is 12.8 Å². The molecule has 2 N–H and O–H groups in total. The van der Waals surface area contributed by atoms with Gasteiger partial charge in [0.1, 0.15) is 0 Å². The van der Waals surface area contributed by atoms with E-state index in [4.69, 9.17) is 5.73 Å². The predicted octanol–water partition coefficient (Wildman–Crippen LogP) is 3.67. The van der Waals surface area contributed by atoms with Crippen LogP contribution in [0.2, 0.25) is 0 Å². The first kappa shape index (κ1) is 12.7. The third-order valence-electron chi connectivity index (χ3n) is 2.90. The van der Waals surface area contributed by atoms with E-state index in [1.807, 2.05) is 6.20 Å². The molecule has 0 fully saturated rings. The zero-order valence-electron chi connectivity index (χ0n) is 9.41. The van der Waals surface area contributed by atoms with Crippen LogP contribution in [0, 0.1) is 5.92 Å². The molecular weight excluding hydrogens is 252 g/mol. The Morgan fingerprint density at radius 2 is 2.00 bits per heavy atom. The summed E-state index contributed by atoms with van der Waals surface area (Å²) in [5.41, 5.74) is 7.28. The zero-order valence-corrected chi connectivity index (χ0v) is 11.0. The lowest BCUT2D eigenvalue weighted by Crippen LogP contribution is -2.15. The van der Waals surface area contributed by atoms with E-state index in [2.05, 4.69) is 40.8 Å². The van der Waals surface area contributed by atoms with Crippen LogP contribution in [0.5, 0.6) is 0 Å². The minimum atomic E-state index is 0.111. The van der Waals surface area contributed by atoms with Gasteiger partial charge in [-0.05, 0) is 39.9 Å². The maximum absolute atomic E-state index is 6.16. The zero-order chi connectivity index (χ0) is 11.3. The number of aromatic nitrogens is 1. The lowest BCUT2D eigenvalue weighted by atomic mass is 9.92. The molecule has 0 radical (unpaired) electrons. The molecule has 0 aliphatic carbocycles. The number of hydrogen-bond acceptors (Lipinski definition) is 2. The van der Waals surface area contributed by atoms with Crippen molar-refractivity contribution in [2.24, 2.45) is 11.7 Å². The highest BCUT2D eigenvalue weighted by Crippen LogP contribution is 2.24. The predicted molar refractivity (Wildman–Crippen MR) is 67.6 cm³/mol. The molecular formula is C12H19BrN2. The van der Waals surface area contributed by atoms with Crippen molar-refractivity contribution in [1.29, 1.82) is 0 Å². The third-order valence-corrected chi connectivity index (χ3v) is 3.33. The van der Waals surface area contributed by atoms with Crippen LogP contribution in [-0.2, 0) is 0 Å². The molecule has 84 valence electrons. The number of nitrogens with zero attached hydrogens (tertiary/aromatic N) is 1. The topological polar surface area (TPSA) is 38.9 Å².